The predicted octanol–water partition coefficient (Wildman–Crippen LogP) is -0.701. The van der Waals surface area contributed by atoms with E-state index in [0.717, 1.165) is 5.56 Å². The van der Waals surface area contributed by atoms with Crippen LogP contribution in [0.4, 0.5) is 0 Å². The van der Waals surface area contributed by atoms with E-state index in [-0.39, 0.29) is 11.7 Å². The molecule has 3 atom stereocenters. The smallest absolute Gasteiger partial charge is 0.245 e. The molecule has 1 aromatic carbocycles. The normalized spacial score (nSPS) is 24.5. The molecule has 2 rings (SSSR count). The van der Waals surface area contributed by atoms with Crippen molar-refractivity contribution in [1.29, 1.82) is 0 Å². The molecule has 19 heavy (non-hydrogen) atoms. The van der Waals surface area contributed by atoms with Gasteiger partial charge in [0, 0.05) is 6.42 Å². The first kappa shape index (κ1) is 13.4. The molecule has 0 aliphatic carbocycles. The number of aromatic hydroxyl groups is 1. The van der Waals surface area contributed by atoms with Crippen LogP contribution in [0.5, 0.6) is 5.75 Å². The zero-order valence-corrected chi connectivity index (χ0v) is 10.5. The van der Waals surface area contributed by atoms with Crippen LogP contribution in [-0.4, -0.2) is 40.2 Å². The lowest BCUT2D eigenvalue weighted by molar-refractivity contribution is -0.139. The lowest BCUT2D eigenvalue weighted by atomic mass is 10.0. The average molecular weight is 264 g/mol. The molecule has 0 saturated carbocycles. The fraction of sp³-hybridized carbons (Fsp3) is 0.385. The number of carbonyl (C=O) groups excluding carboxylic acids is 2. The van der Waals surface area contributed by atoms with Crippen molar-refractivity contribution < 1.29 is 19.8 Å². The topological polar surface area (TPSA) is 98.7 Å². The molecule has 0 spiro atoms. The number of hydrogen-bond donors (Lipinski definition) is 4. The van der Waals surface area contributed by atoms with Crippen molar-refractivity contribution >= 4 is 11.8 Å². The third kappa shape index (κ3) is 3.03. The monoisotopic (exact) mass is 264 g/mol. The van der Waals surface area contributed by atoms with Gasteiger partial charge in [0.1, 0.15) is 17.8 Å². The Morgan fingerprint density at radius 1 is 1.16 bits per heavy atom. The highest BCUT2D eigenvalue weighted by Crippen LogP contribution is 2.13. The predicted molar refractivity (Wildman–Crippen MR) is 67.4 cm³/mol. The van der Waals surface area contributed by atoms with Crippen molar-refractivity contribution in [3.63, 3.8) is 0 Å². The number of aliphatic hydroxyl groups excluding tert-OH is 1. The lowest BCUT2D eigenvalue weighted by Gasteiger charge is -2.31. The van der Waals surface area contributed by atoms with Crippen molar-refractivity contribution in [2.45, 2.75) is 31.5 Å². The van der Waals surface area contributed by atoms with Crippen LogP contribution in [0.2, 0.25) is 0 Å². The number of rotatable bonds is 3. The molecule has 1 aliphatic rings. The molecule has 0 bridgehead atoms. The molecule has 1 heterocycles. The minimum Gasteiger partial charge on any atom is -0.508 e. The van der Waals surface area contributed by atoms with E-state index in [2.05, 4.69) is 10.6 Å². The summed E-state index contributed by atoms with van der Waals surface area (Å²) < 4.78 is 0. The Kier molecular flexibility index (Phi) is 3.71. The first-order valence-electron chi connectivity index (χ1n) is 6.04. The number of phenols is 1. The van der Waals surface area contributed by atoms with Gasteiger partial charge < -0.3 is 20.8 Å². The van der Waals surface area contributed by atoms with Crippen LogP contribution >= 0.6 is 0 Å². The SMILES string of the molecule is C[C@@H](O)[C@@H]1NC(=O)[C@H](Cc2ccc(O)cc2)NC1=O. The molecule has 0 aromatic heterocycles. The minimum absolute atomic E-state index is 0.148. The summed E-state index contributed by atoms with van der Waals surface area (Å²) in [6.45, 7) is 1.45. The molecule has 6 nitrogen and oxygen atoms in total. The zero-order valence-electron chi connectivity index (χ0n) is 10.5. The van der Waals surface area contributed by atoms with Gasteiger partial charge in [-0.1, -0.05) is 12.1 Å². The Morgan fingerprint density at radius 2 is 1.79 bits per heavy atom. The summed E-state index contributed by atoms with van der Waals surface area (Å²) in [5.74, 6) is -0.563. The van der Waals surface area contributed by atoms with Gasteiger partial charge in [0.25, 0.3) is 0 Å². The summed E-state index contributed by atoms with van der Waals surface area (Å²) >= 11 is 0. The molecule has 102 valence electrons. The number of hydrogen-bond acceptors (Lipinski definition) is 4. The van der Waals surface area contributed by atoms with Crippen molar-refractivity contribution in [2.75, 3.05) is 0 Å². The fourth-order valence-corrected chi connectivity index (χ4v) is 2.00. The van der Waals surface area contributed by atoms with Gasteiger partial charge in [-0.25, -0.2) is 0 Å². The highest BCUT2D eigenvalue weighted by Gasteiger charge is 2.35. The van der Waals surface area contributed by atoms with Gasteiger partial charge in [-0.05, 0) is 24.6 Å². The van der Waals surface area contributed by atoms with Crippen molar-refractivity contribution in [1.82, 2.24) is 10.6 Å². The number of amides is 2. The standard InChI is InChI=1S/C13H16N2O4/c1-7(16)11-13(19)14-10(12(18)15-11)6-8-2-4-9(17)5-3-8/h2-5,7,10-11,16-17H,6H2,1H3,(H,14,19)(H,15,18)/t7-,10+,11+/m1/s1. The van der Waals surface area contributed by atoms with Crippen LogP contribution < -0.4 is 10.6 Å². The number of carbonyl (C=O) groups is 2. The molecular formula is C13H16N2O4. The molecule has 0 radical (unpaired) electrons. The molecule has 1 aliphatic heterocycles. The van der Waals surface area contributed by atoms with Gasteiger partial charge in [0.2, 0.25) is 11.8 Å². The summed E-state index contributed by atoms with van der Waals surface area (Å²) in [6, 6.07) is 4.87. The molecule has 6 heteroatoms. The highest BCUT2D eigenvalue weighted by molar-refractivity contribution is 5.97. The van der Waals surface area contributed by atoms with E-state index < -0.39 is 24.1 Å². The van der Waals surface area contributed by atoms with E-state index in [9.17, 15) is 19.8 Å². The number of benzene rings is 1. The Hall–Kier alpha value is -2.08. The second kappa shape index (κ2) is 5.27. The number of piperazine rings is 1. The van der Waals surface area contributed by atoms with Gasteiger partial charge >= 0.3 is 0 Å². The second-order valence-electron chi connectivity index (χ2n) is 4.66. The highest BCUT2D eigenvalue weighted by atomic mass is 16.3. The van der Waals surface area contributed by atoms with Gasteiger partial charge in [-0.15, -0.1) is 0 Å². The largest absolute Gasteiger partial charge is 0.508 e. The van der Waals surface area contributed by atoms with Gasteiger partial charge in [0.15, 0.2) is 0 Å². The summed E-state index contributed by atoms with van der Waals surface area (Å²) in [4.78, 5) is 23.5. The van der Waals surface area contributed by atoms with Crippen LogP contribution in [0.3, 0.4) is 0 Å². The molecule has 1 aromatic rings. The maximum Gasteiger partial charge on any atom is 0.245 e. The van der Waals surface area contributed by atoms with Gasteiger partial charge in [0.05, 0.1) is 6.10 Å². The molecule has 0 unspecified atom stereocenters. The zero-order chi connectivity index (χ0) is 14.0. The lowest BCUT2D eigenvalue weighted by Crippen LogP contribution is -2.65. The van der Waals surface area contributed by atoms with E-state index >= 15 is 0 Å². The molecule has 1 fully saturated rings. The Balaban J connectivity index is 2.04. The number of aliphatic hydroxyl groups is 1. The molecular weight excluding hydrogens is 248 g/mol. The third-order valence-corrected chi connectivity index (χ3v) is 3.07. The maximum absolute atomic E-state index is 11.8. The maximum atomic E-state index is 11.8. The Morgan fingerprint density at radius 3 is 2.37 bits per heavy atom. The van der Waals surface area contributed by atoms with E-state index in [4.69, 9.17) is 0 Å². The quantitative estimate of drug-likeness (QED) is 0.580. The second-order valence-corrected chi connectivity index (χ2v) is 4.66. The summed E-state index contributed by atoms with van der Waals surface area (Å²) in [6.07, 6.45) is -0.594. The van der Waals surface area contributed by atoms with Gasteiger partial charge in [-0.3, -0.25) is 9.59 Å². The number of phenolic OH excluding ortho intramolecular Hbond substituents is 1. The van der Waals surface area contributed by atoms with Crippen LogP contribution in [0, 0.1) is 0 Å². The third-order valence-electron chi connectivity index (χ3n) is 3.07. The Bertz CT molecular complexity index is 484. The number of nitrogens with one attached hydrogen (secondary N) is 2. The van der Waals surface area contributed by atoms with E-state index in [1.54, 1.807) is 12.1 Å². The Labute approximate surface area is 110 Å². The summed E-state index contributed by atoms with van der Waals surface area (Å²) in [5.41, 5.74) is 0.828. The van der Waals surface area contributed by atoms with Crippen molar-refractivity contribution in [3.05, 3.63) is 29.8 Å². The van der Waals surface area contributed by atoms with E-state index in [0.29, 0.717) is 6.42 Å². The summed E-state index contributed by atoms with van der Waals surface area (Å²) in [7, 11) is 0. The molecule has 1 saturated heterocycles. The van der Waals surface area contributed by atoms with Crippen LogP contribution in [-0.2, 0) is 16.0 Å². The first-order valence-corrected chi connectivity index (χ1v) is 6.04. The average Bonchev–Trinajstić information content (AvgIpc) is 2.35. The van der Waals surface area contributed by atoms with Crippen molar-refractivity contribution in [3.8, 4) is 5.75 Å². The minimum atomic E-state index is -0.932. The fourth-order valence-electron chi connectivity index (χ4n) is 2.00. The van der Waals surface area contributed by atoms with E-state index in [1.165, 1.54) is 19.1 Å². The first-order chi connectivity index (χ1) is 8.97. The van der Waals surface area contributed by atoms with Crippen LogP contribution in [0.1, 0.15) is 12.5 Å². The summed E-state index contributed by atoms with van der Waals surface area (Å²) in [5, 5.41) is 23.6. The molecule has 4 N–H and O–H groups in total. The van der Waals surface area contributed by atoms with Gasteiger partial charge in [-0.2, -0.15) is 0 Å². The van der Waals surface area contributed by atoms with Crippen molar-refractivity contribution in [2.24, 2.45) is 0 Å². The van der Waals surface area contributed by atoms with E-state index in [1.807, 2.05) is 0 Å². The molecule has 2 amide bonds. The van der Waals surface area contributed by atoms with Crippen LogP contribution in [0.25, 0.3) is 0 Å². The van der Waals surface area contributed by atoms with Crippen LogP contribution in [0.15, 0.2) is 24.3 Å².